The van der Waals surface area contributed by atoms with Crippen molar-refractivity contribution >= 4 is 17.6 Å². The first-order valence-electron chi connectivity index (χ1n) is 6.30. The van der Waals surface area contributed by atoms with Crippen molar-refractivity contribution < 1.29 is 14.3 Å². The van der Waals surface area contributed by atoms with Crippen molar-refractivity contribution in [1.29, 1.82) is 5.26 Å². The van der Waals surface area contributed by atoms with E-state index in [0.717, 1.165) is 0 Å². The molecular formula is C13H12N6O3. The maximum absolute atomic E-state index is 11.9. The second-order valence-corrected chi connectivity index (χ2v) is 4.32. The number of rotatable bonds is 5. The van der Waals surface area contributed by atoms with Gasteiger partial charge >= 0.3 is 5.97 Å². The maximum atomic E-state index is 11.9. The Morgan fingerprint density at radius 2 is 2.32 bits per heavy atom. The normalized spacial score (nSPS) is 11.3. The topological polar surface area (TPSA) is 123 Å². The molecule has 1 N–H and O–H groups in total. The van der Waals surface area contributed by atoms with E-state index in [1.165, 1.54) is 24.0 Å². The van der Waals surface area contributed by atoms with Crippen molar-refractivity contribution in [2.45, 2.75) is 19.6 Å². The van der Waals surface area contributed by atoms with Crippen LogP contribution in [0.4, 0.5) is 5.69 Å². The molecule has 9 nitrogen and oxygen atoms in total. The van der Waals surface area contributed by atoms with Gasteiger partial charge in [-0.1, -0.05) is 6.07 Å². The van der Waals surface area contributed by atoms with Gasteiger partial charge in [0.15, 0.2) is 6.10 Å². The highest BCUT2D eigenvalue weighted by Crippen LogP contribution is 2.10. The standard InChI is InChI=1S/C13H12N6O3/c1-9(22-12(20)7-19-8-15-17-18-19)13(21)16-11-4-2-3-10(5-11)6-14/h2-5,8-9H,7H2,1H3,(H,16,21)/t9-/m0/s1. The van der Waals surface area contributed by atoms with E-state index in [0.29, 0.717) is 11.3 Å². The molecule has 0 bridgehead atoms. The lowest BCUT2D eigenvalue weighted by Crippen LogP contribution is -2.31. The molecule has 0 aliphatic heterocycles. The van der Waals surface area contributed by atoms with Crippen molar-refractivity contribution in [2.75, 3.05) is 5.32 Å². The van der Waals surface area contributed by atoms with Gasteiger partial charge in [0.1, 0.15) is 12.9 Å². The average Bonchev–Trinajstić information content (AvgIpc) is 3.00. The predicted octanol–water partition coefficient (Wildman–Crippen LogP) is 0.115. The van der Waals surface area contributed by atoms with Gasteiger partial charge < -0.3 is 10.1 Å². The molecule has 2 aromatic rings. The van der Waals surface area contributed by atoms with Crippen molar-refractivity contribution in [3.05, 3.63) is 36.2 Å². The van der Waals surface area contributed by atoms with E-state index >= 15 is 0 Å². The summed E-state index contributed by atoms with van der Waals surface area (Å²) in [4.78, 5) is 23.5. The lowest BCUT2D eigenvalue weighted by molar-refractivity contribution is -0.153. The molecule has 0 saturated carbocycles. The number of ether oxygens (including phenoxy) is 1. The van der Waals surface area contributed by atoms with Crippen molar-refractivity contribution in [3.8, 4) is 6.07 Å². The lowest BCUT2D eigenvalue weighted by atomic mass is 10.2. The second-order valence-electron chi connectivity index (χ2n) is 4.32. The number of amides is 1. The molecule has 0 spiro atoms. The van der Waals surface area contributed by atoms with E-state index in [2.05, 4.69) is 20.8 Å². The zero-order chi connectivity index (χ0) is 15.9. The van der Waals surface area contributed by atoms with Gasteiger partial charge in [-0.05, 0) is 35.5 Å². The minimum atomic E-state index is -0.991. The third-order valence-corrected chi connectivity index (χ3v) is 2.62. The molecule has 112 valence electrons. The van der Waals surface area contributed by atoms with Crippen LogP contribution >= 0.6 is 0 Å². The van der Waals surface area contributed by atoms with Crippen LogP contribution in [0.1, 0.15) is 12.5 Å². The number of benzene rings is 1. The molecule has 0 aliphatic carbocycles. The number of anilines is 1. The fraction of sp³-hybridized carbons (Fsp3) is 0.231. The number of nitriles is 1. The van der Waals surface area contributed by atoms with Gasteiger partial charge in [0, 0.05) is 5.69 Å². The largest absolute Gasteiger partial charge is 0.451 e. The first kappa shape index (κ1) is 15.1. The number of carbonyl (C=O) groups excluding carboxylic acids is 2. The molecule has 1 heterocycles. The minimum absolute atomic E-state index is 0.186. The van der Waals surface area contributed by atoms with Crippen molar-refractivity contribution in [2.24, 2.45) is 0 Å². The number of hydrogen-bond donors (Lipinski definition) is 1. The number of hydrogen-bond acceptors (Lipinski definition) is 7. The Morgan fingerprint density at radius 3 is 3.00 bits per heavy atom. The summed E-state index contributed by atoms with van der Waals surface area (Å²) in [6.07, 6.45) is 0.272. The van der Waals surface area contributed by atoms with E-state index < -0.39 is 18.0 Å². The van der Waals surface area contributed by atoms with Gasteiger partial charge in [0.25, 0.3) is 5.91 Å². The van der Waals surface area contributed by atoms with Crippen LogP contribution in [0.3, 0.4) is 0 Å². The summed E-state index contributed by atoms with van der Waals surface area (Å²) in [5.74, 6) is -1.14. The Hall–Kier alpha value is -3.28. The molecule has 1 aromatic heterocycles. The molecule has 22 heavy (non-hydrogen) atoms. The van der Waals surface area contributed by atoms with E-state index in [1.807, 2.05) is 6.07 Å². The highest BCUT2D eigenvalue weighted by molar-refractivity contribution is 5.95. The maximum Gasteiger partial charge on any atom is 0.328 e. The zero-order valence-corrected chi connectivity index (χ0v) is 11.6. The summed E-state index contributed by atoms with van der Waals surface area (Å²) in [6.45, 7) is 1.26. The number of esters is 1. The second kappa shape index (κ2) is 6.94. The Balaban J connectivity index is 1.89. The van der Waals surface area contributed by atoms with Crippen molar-refractivity contribution in [1.82, 2.24) is 20.2 Å². The molecule has 9 heteroatoms. The summed E-state index contributed by atoms with van der Waals surface area (Å²) in [5, 5.41) is 21.6. The molecule has 0 aliphatic rings. The third-order valence-electron chi connectivity index (χ3n) is 2.62. The Morgan fingerprint density at radius 1 is 1.50 bits per heavy atom. The molecule has 2 rings (SSSR count). The van der Waals surface area contributed by atoms with Gasteiger partial charge in [-0.15, -0.1) is 5.10 Å². The SMILES string of the molecule is C[C@H](OC(=O)Cn1cnnn1)C(=O)Nc1cccc(C#N)c1. The summed E-state index contributed by atoms with van der Waals surface area (Å²) < 4.78 is 6.17. The van der Waals surface area contributed by atoms with Crippen LogP contribution in [0.2, 0.25) is 0 Å². The van der Waals surface area contributed by atoms with E-state index in [-0.39, 0.29) is 6.54 Å². The fourth-order valence-electron chi connectivity index (χ4n) is 1.58. The van der Waals surface area contributed by atoms with E-state index in [4.69, 9.17) is 10.00 Å². The highest BCUT2D eigenvalue weighted by atomic mass is 16.5. The van der Waals surface area contributed by atoms with E-state index in [9.17, 15) is 9.59 Å². The van der Waals surface area contributed by atoms with Gasteiger partial charge in [-0.25, -0.2) is 4.68 Å². The Bertz CT molecular complexity index is 707. The summed E-state index contributed by atoms with van der Waals surface area (Å²) >= 11 is 0. The molecule has 1 amide bonds. The van der Waals surface area contributed by atoms with Gasteiger partial charge in [0.2, 0.25) is 0 Å². The number of aromatic nitrogens is 4. The lowest BCUT2D eigenvalue weighted by Gasteiger charge is -2.13. The number of carbonyl (C=O) groups is 2. The van der Waals surface area contributed by atoms with Gasteiger partial charge in [-0.3, -0.25) is 9.59 Å². The fourth-order valence-corrected chi connectivity index (χ4v) is 1.58. The minimum Gasteiger partial charge on any atom is -0.451 e. The summed E-state index contributed by atoms with van der Waals surface area (Å²) in [7, 11) is 0. The third kappa shape index (κ3) is 4.11. The first-order valence-corrected chi connectivity index (χ1v) is 6.30. The van der Waals surface area contributed by atoms with Crippen molar-refractivity contribution in [3.63, 3.8) is 0 Å². The Labute approximate surface area is 125 Å². The molecule has 0 fully saturated rings. The molecule has 1 atom stereocenters. The predicted molar refractivity (Wildman–Crippen MR) is 73.2 cm³/mol. The van der Waals surface area contributed by atoms with Gasteiger partial charge in [-0.2, -0.15) is 5.26 Å². The molecule has 1 aromatic carbocycles. The zero-order valence-electron chi connectivity index (χ0n) is 11.6. The molecule has 0 saturated heterocycles. The summed E-state index contributed by atoms with van der Waals surface area (Å²) in [5.41, 5.74) is 0.869. The number of nitrogens with zero attached hydrogens (tertiary/aromatic N) is 5. The molecule has 0 radical (unpaired) electrons. The smallest absolute Gasteiger partial charge is 0.328 e. The molecule has 0 unspecified atom stereocenters. The average molecular weight is 300 g/mol. The Kier molecular flexibility index (Phi) is 4.77. The number of tetrazole rings is 1. The van der Waals surface area contributed by atoms with Gasteiger partial charge in [0.05, 0.1) is 11.6 Å². The number of nitrogens with one attached hydrogen (secondary N) is 1. The van der Waals surface area contributed by atoms with Crippen LogP contribution in [0.25, 0.3) is 0 Å². The van der Waals surface area contributed by atoms with E-state index in [1.54, 1.807) is 18.2 Å². The summed E-state index contributed by atoms with van der Waals surface area (Å²) in [6, 6.07) is 8.38. The van der Waals surface area contributed by atoms with Crippen LogP contribution in [-0.2, 0) is 20.9 Å². The van der Waals surface area contributed by atoms with Crippen LogP contribution < -0.4 is 5.32 Å². The molecular weight excluding hydrogens is 288 g/mol. The quantitative estimate of drug-likeness (QED) is 0.777. The van der Waals surface area contributed by atoms with Crippen LogP contribution in [-0.4, -0.2) is 38.2 Å². The first-order chi connectivity index (χ1) is 10.6. The van der Waals surface area contributed by atoms with Crippen LogP contribution in [0.5, 0.6) is 0 Å². The monoisotopic (exact) mass is 300 g/mol. The highest BCUT2D eigenvalue weighted by Gasteiger charge is 2.18. The van der Waals surface area contributed by atoms with Crippen LogP contribution in [0.15, 0.2) is 30.6 Å². The van der Waals surface area contributed by atoms with Crippen LogP contribution in [0, 0.1) is 11.3 Å².